The van der Waals surface area contributed by atoms with Gasteiger partial charge in [-0.05, 0) is 80.2 Å². The summed E-state index contributed by atoms with van der Waals surface area (Å²) in [6.45, 7) is 7.62. The Morgan fingerprint density at radius 2 is 1.70 bits per heavy atom. The van der Waals surface area contributed by atoms with Gasteiger partial charge in [-0.25, -0.2) is 13.2 Å². The van der Waals surface area contributed by atoms with Gasteiger partial charge in [0.15, 0.2) is 29.5 Å². The Kier molecular flexibility index (Phi) is 11.7. The highest BCUT2D eigenvalue weighted by atomic mass is 19.2. The molecule has 2 fully saturated rings. The largest absolute Gasteiger partial charge is 0.491 e. The van der Waals surface area contributed by atoms with Crippen LogP contribution in [0.3, 0.4) is 0 Å². The summed E-state index contributed by atoms with van der Waals surface area (Å²) in [5, 5.41) is 0. The van der Waals surface area contributed by atoms with E-state index in [0.717, 1.165) is 63.5 Å². The Bertz CT molecular complexity index is 1120. The van der Waals surface area contributed by atoms with Gasteiger partial charge >= 0.3 is 0 Å². The molecule has 0 atom stereocenters. The van der Waals surface area contributed by atoms with Gasteiger partial charge in [-0.1, -0.05) is 43.7 Å². The molecule has 218 valence electrons. The molecule has 4 nitrogen and oxygen atoms in total. The normalized spacial score (nSPS) is 23.4. The lowest BCUT2D eigenvalue weighted by Crippen LogP contribution is -2.29. The number of unbranched alkanes of at least 4 members (excludes halogenated alkanes) is 2. The monoisotopic (exact) mass is 558 g/mol. The van der Waals surface area contributed by atoms with Gasteiger partial charge in [0.2, 0.25) is 0 Å². The molecule has 1 heterocycles. The number of rotatable bonds is 13. The van der Waals surface area contributed by atoms with E-state index >= 15 is 4.39 Å². The number of allylic oxidation sites excluding steroid dienone is 1. The van der Waals surface area contributed by atoms with E-state index in [1.54, 1.807) is 30.4 Å². The van der Waals surface area contributed by atoms with Gasteiger partial charge < -0.3 is 18.9 Å². The Balaban J connectivity index is 1.27. The maximum atomic E-state index is 15.0. The number of hydrogen-bond acceptors (Lipinski definition) is 4. The van der Waals surface area contributed by atoms with Crippen molar-refractivity contribution in [2.24, 2.45) is 0 Å². The molecule has 0 spiro atoms. The highest BCUT2D eigenvalue weighted by Gasteiger charge is 2.27. The molecule has 7 heteroatoms. The fraction of sp³-hybridized carbons (Fsp3) is 0.515. The number of benzene rings is 2. The van der Waals surface area contributed by atoms with E-state index in [2.05, 4.69) is 13.5 Å². The summed E-state index contributed by atoms with van der Waals surface area (Å²) < 4.78 is 67.4. The second-order valence-corrected chi connectivity index (χ2v) is 10.6. The zero-order chi connectivity index (χ0) is 28.3. The molecule has 1 saturated heterocycles. The second kappa shape index (κ2) is 15.4. The molecule has 0 bridgehead atoms. The van der Waals surface area contributed by atoms with Crippen molar-refractivity contribution in [3.05, 3.63) is 83.2 Å². The zero-order valence-electron chi connectivity index (χ0n) is 23.4. The molecule has 2 aromatic carbocycles. The van der Waals surface area contributed by atoms with Gasteiger partial charge in [0.25, 0.3) is 0 Å². The standard InChI is InChI=1S/C33H41F3O4/c1-3-5-7-19-38-30-16-11-25(20-29(30)34)26-21-39-31(40-22-26)17-12-24-10-15-28(33(36)32(24)35)23-8-13-27(14-9-23)37-18-6-4-2/h3,10-12,15-17,20,23,26-27,31H,1,4-9,13-14,18-19,21-22H2,2H3/b17-12+. The van der Waals surface area contributed by atoms with Crippen LogP contribution in [0.1, 0.15) is 86.8 Å². The number of ether oxygens (including phenoxy) is 4. The third-order valence-corrected chi connectivity index (χ3v) is 7.70. The third-order valence-electron chi connectivity index (χ3n) is 7.70. The first-order valence-corrected chi connectivity index (χ1v) is 14.5. The highest BCUT2D eigenvalue weighted by Crippen LogP contribution is 2.36. The van der Waals surface area contributed by atoms with Crippen LogP contribution in [0.25, 0.3) is 6.08 Å². The fourth-order valence-electron chi connectivity index (χ4n) is 5.26. The molecule has 4 rings (SSSR count). The molecular formula is C33H41F3O4. The predicted octanol–water partition coefficient (Wildman–Crippen LogP) is 8.46. The van der Waals surface area contributed by atoms with Crippen LogP contribution >= 0.6 is 0 Å². The molecule has 2 aliphatic rings. The smallest absolute Gasteiger partial charge is 0.177 e. The van der Waals surface area contributed by atoms with Crippen LogP contribution in [0.2, 0.25) is 0 Å². The molecule has 0 amide bonds. The summed E-state index contributed by atoms with van der Waals surface area (Å²) in [6, 6.07) is 8.19. The van der Waals surface area contributed by atoms with Crippen LogP contribution in [-0.4, -0.2) is 38.8 Å². The minimum absolute atomic E-state index is 0.00298. The summed E-state index contributed by atoms with van der Waals surface area (Å²) in [6.07, 6.45) is 11.5. The predicted molar refractivity (Wildman–Crippen MR) is 151 cm³/mol. The van der Waals surface area contributed by atoms with Crippen molar-refractivity contribution < 1.29 is 32.1 Å². The van der Waals surface area contributed by atoms with Crippen molar-refractivity contribution in [2.45, 2.75) is 82.5 Å². The zero-order valence-corrected chi connectivity index (χ0v) is 23.4. The lowest BCUT2D eigenvalue weighted by Gasteiger charge is -2.29. The Labute approximate surface area is 236 Å². The number of hydrogen-bond donors (Lipinski definition) is 0. The lowest BCUT2D eigenvalue weighted by atomic mass is 9.82. The first kappa shape index (κ1) is 30.4. The van der Waals surface area contributed by atoms with Gasteiger partial charge in [0.1, 0.15) is 0 Å². The second-order valence-electron chi connectivity index (χ2n) is 10.6. The van der Waals surface area contributed by atoms with Crippen LogP contribution < -0.4 is 4.74 Å². The van der Waals surface area contributed by atoms with Crippen LogP contribution in [0, 0.1) is 17.5 Å². The fourth-order valence-corrected chi connectivity index (χ4v) is 5.26. The number of halogens is 3. The van der Waals surface area contributed by atoms with E-state index in [1.807, 2.05) is 6.07 Å². The van der Waals surface area contributed by atoms with Gasteiger partial charge in [0.05, 0.1) is 25.9 Å². The highest BCUT2D eigenvalue weighted by molar-refractivity contribution is 5.52. The van der Waals surface area contributed by atoms with E-state index in [1.165, 1.54) is 12.1 Å². The van der Waals surface area contributed by atoms with E-state index in [4.69, 9.17) is 18.9 Å². The van der Waals surface area contributed by atoms with Crippen molar-refractivity contribution in [3.63, 3.8) is 0 Å². The first-order chi connectivity index (χ1) is 19.5. The topological polar surface area (TPSA) is 36.9 Å². The molecular weight excluding hydrogens is 517 g/mol. The van der Waals surface area contributed by atoms with E-state index < -0.39 is 23.7 Å². The van der Waals surface area contributed by atoms with Crippen LogP contribution in [0.5, 0.6) is 5.75 Å². The van der Waals surface area contributed by atoms with Gasteiger partial charge in [0, 0.05) is 18.1 Å². The molecule has 1 aliphatic heterocycles. The minimum Gasteiger partial charge on any atom is -0.491 e. The van der Waals surface area contributed by atoms with Gasteiger partial charge in [-0.3, -0.25) is 0 Å². The molecule has 0 unspecified atom stereocenters. The minimum atomic E-state index is -0.856. The van der Waals surface area contributed by atoms with E-state index in [9.17, 15) is 8.78 Å². The molecule has 40 heavy (non-hydrogen) atoms. The maximum absolute atomic E-state index is 15.0. The lowest BCUT2D eigenvalue weighted by molar-refractivity contribution is -0.159. The Morgan fingerprint density at radius 1 is 0.925 bits per heavy atom. The maximum Gasteiger partial charge on any atom is 0.177 e. The van der Waals surface area contributed by atoms with Gasteiger partial charge in [-0.2, -0.15) is 0 Å². The summed E-state index contributed by atoms with van der Waals surface area (Å²) in [7, 11) is 0. The average molecular weight is 559 g/mol. The van der Waals surface area contributed by atoms with Crippen LogP contribution in [0.4, 0.5) is 13.2 Å². The van der Waals surface area contributed by atoms with Crippen LogP contribution in [0.15, 0.2) is 49.1 Å². The Morgan fingerprint density at radius 3 is 2.40 bits per heavy atom. The summed E-state index contributed by atoms with van der Waals surface area (Å²) >= 11 is 0. The summed E-state index contributed by atoms with van der Waals surface area (Å²) in [5.41, 5.74) is 1.34. The SMILES string of the molecule is C=CCCCOc1ccc(C2COC(/C=C/c3ccc(C4CCC(OCCCC)CC4)c(F)c3F)OC2)cc1F. The van der Waals surface area contributed by atoms with Crippen molar-refractivity contribution in [1.29, 1.82) is 0 Å². The molecule has 0 aromatic heterocycles. The molecule has 0 N–H and O–H groups in total. The van der Waals surface area contributed by atoms with Crippen molar-refractivity contribution in [3.8, 4) is 5.75 Å². The van der Waals surface area contributed by atoms with Crippen molar-refractivity contribution in [1.82, 2.24) is 0 Å². The van der Waals surface area contributed by atoms with Crippen LogP contribution in [-0.2, 0) is 14.2 Å². The first-order valence-electron chi connectivity index (χ1n) is 14.5. The van der Waals surface area contributed by atoms with Crippen molar-refractivity contribution in [2.75, 3.05) is 26.4 Å². The van der Waals surface area contributed by atoms with E-state index in [-0.39, 0.29) is 29.3 Å². The van der Waals surface area contributed by atoms with E-state index in [0.29, 0.717) is 25.4 Å². The van der Waals surface area contributed by atoms with Gasteiger partial charge in [-0.15, -0.1) is 6.58 Å². The quantitative estimate of drug-likeness (QED) is 0.183. The Hall–Kier alpha value is -2.61. The third kappa shape index (κ3) is 8.21. The van der Waals surface area contributed by atoms with Crippen molar-refractivity contribution >= 4 is 6.08 Å². The molecule has 2 aromatic rings. The molecule has 1 saturated carbocycles. The summed E-state index contributed by atoms with van der Waals surface area (Å²) in [5.74, 6) is -1.98. The summed E-state index contributed by atoms with van der Waals surface area (Å²) in [4.78, 5) is 0. The molecule has 0 radical (unpaired) electrons. The molecule has 1 aliphatic carbocycles. The average Bonchev–Trinajstić information content (AvgIpc) is 2.98.